The Morgan fingerprint density at radius 2 is 1.18 bits per heavy atom. The van der Waals surface area contributed by atoms with Gasteiger partial charge in [-0.2, -0.15) is 0 Å². The molecule has 0 spiro atoms. The fourth-order valence-corrected chi connectivity index (χ4v) is 4.54. The fourth-order valence-electron chi connectivity index (χ4n) is 4.54. The zero-order valence-electron chi connectivity index (χ0n) is 31.5. The van der Waals surface area contributed by atoms with E-state index in [0.717, 1.165) is 51.4 Å². The maximum Gasteiger partial charge on any atom is 0.362 e. The van der Waals surface area contributed by atoms with Crippen LogP contribution < -0.4 is 0 Å². The van der Waals surface area contributed by atoms with Crippen molar-refractivity contribution in [2.24, 2.45) is 0 Å². The van der Waals surface area contributed by atoms with Gasteiger partial charge in [0.2, 0.25) is 0 Å². The summed E-state index contributed by atoms with van der Waals surface area (Å²) < 4.78 is 17.1. The van der Waals surface area contributed by atoms with Crippen LogP contribution in [0.1, 0.15) is 97.3 Å². The van der Waals surface area contributed by atoms with Crippen LogP contribution in [0.25, 0.3) is 0 Å². The highest BCUT2D eigenvalue weighted by atomic mass is 16.6. The highest BCUT2D eigenvalue weighted by molar-refractivity contribution is 5.72. The van der Waals surface area contributed by atoms with Crippen molar-refractivity contribution in [3.63, 3.8) is 0 Å². The Morgan fingerprint density at radius 3 is 1.80 bits per heavy atom. The lowest BCUT2D eigenvalue weighted by Gasteiger charge is -2.31. The first-order valence-electron chi connectivity index (χ1n) is 18.3. The van der Waals surface area contributed by atoms with Gasteiger partial charge in [-0.25, -0.2) is 4.79 Å². The SMILES string of the molecule is CC/C=C/C=C/C=C/C=C/C=C/CCCCCC(=O)OCC(COCCC(C(=O)O)[N+](C)(C)C)OC(=O)CCC/C=C/C/C=C/C/C=C/CC. The van der Waals surface area contributed by atoms with Crippen LogP contribution in [0.2, 0.25) is 0 Å². The summed E-state index contributed by atoms with van der Waals surface area (Å²) in [7, 11) is 5.46. The van der Waals surface area contributed by atoms with Gasteiger partial charge in [-0.15, -0.1) is 0 Å². The minimum absolute atomic E-state index is 0.0196. The van der Waals surface area contributed by atoms with Gasteiger partial charge in [0, 0.05) is 19.3 Å². The zero-order chi connectivity index (χ0) is 37.1. The van der Waals surface area contributed by atoms with E-state index in [0.29, 0.717) is 19.3 Å². The number of hydrogen-bond acceptors (Lipinski definition) is 6. The summed E-state index contributed by atoms with van der Waals surface area (Å²) in [6.45, 7) is 4.32. The molecule has 0 radical (unpaired) electrons. The van der Waals surface area contributed by atoms with Gasteiger partial charge in [-0.05, 0) is 57.8 Å². The third-order valence-corrected chi connectivity index (χ3v) is 7.36. The molecule has 0 rings (SSSR count). The van der Waals surface area contributed by atoms with Crippen molar-refractivity contribution in [3.8, 4) is 0 Å². The van der Waals surface area contributed by atoms with E-state index in [1.54, 1.807) is 0 Å². The Balaban J connectivity index is 4.62. The lowest BCUT2D eigenvalue weighted by Crippen LogP contribution is -2.50. The highest BCUT2D eigenvalue weighted by Crippen LogP contribution is 2.11. The van der Waals surface area contributed by atoms with Crippen LogP contribution in [-0.2, 0) is 28.6 Å². The fraction of sp³-hybridized carbons (Fsp3) is 0.548. The van der Waals surface area contributed by atoms with Crippen LogP contribution in [-0.4, -0.2) is 80.6 Å². The molecule has 1 N–H and O–H groups in total. The number of rotatable bonds is 30. The van der Waals surface area contributed by atoms with E-state index in [9.17, 15) is 19.5 Å². The first-order valence-corrected chi connectivity index (χ1v) is 18.3. The van der Waals surface area contributed by atoms with Crippen molar-refractivity contribution in [2.75, 3.05) is 41.0 Å². The van der Waals surface area contributed by atoms with E-state index in [2.05, 4.69) is 62.5 Å². The number of carboxylic acid groups (broad SMARTS) is 1. The molecular formula is C42H66NO7+. The summed E-state index contributed by atoms with van der Waals surface area (Å²) in [6.07, 6.45) is 41.8. The normalized spacial score (nSPS) is 14.2. The molecule has 0 aromatic heterocycles. The third-order valence-electron chi connectivity index (χ3n) is 7.36. The second-order valence-electron chi connectivity index (χ2n) is 12.8. The molecule has 0 amide bonds. The molecule has 0 aromatic rings. The maximum atomic E-state index is 12.6. The topological polar surface area (TPSA) is 99.1 Å². The molecule has 0 saturated carbocycles. The van der Waals surface area contributed by atoms with Crippen molar-refractivity contribution in [2.45, 2.75) is 109 Å². The molecule has 2 atom stereocenters. The van der Waals surface area contributed by atoms with Gasteiger partial charge in [0.1, 0.15) is 6.61 Å². The number of carbonyl (C=O) groups excluding carboxylic acids is 2. The van der Waals surface area contributed by atoms with Gasteiger partial charge in [0.15, 0.2) is 12.1 Å². The largest absolute Gasteiger partial charge is 0.477 e. The van der Waals surface area contributed by atoms with Crippen molar-refractivity contribution >= 4 is 17.9 Å². The lowest BCUT2D eigenvalue weighted by molar-refractivity contribution is -0.887. The molecule has 0 aliphatic carbocycles. The summed E-state index contributed by atoms with van der Waals surface area (Å²) in [5.74, 6) is -1.62. The average Bonchev–Trinajstić information content (AvgIpc) is 3.06. The van der Waals surface area contributed by atoms with Gasteiger partial charge < -0.3 is 23.8 Å². The summed E-state index contributed by atoms with van der Waals surface area (Å²) in [5.41, 5.74) is 0. The van der Waals surface area contributed by atoms with E-state index in [1.807, 2.05) is 69.8 Å². The monoisotopic (exact) mass is 696 g/mol. The minimum atomic E-state index is -0.896. The molecule has 0 aliphatic rings. The number of nitrogens with zero attached hydrogens (tertiary/aromatic N) is 1. The summed E-state index contributed by atoms with van der Waals surface area (Å²) in [5, 5.41) is 9.57. The minimum Gasteiger partial charge on any atom is -0.477 e. The zero-order valence-corrected chi connectivity index (χ0v) is 31.5. The first kappa shape index (κ1) is 46.2. The number of esters is 2. The van der Waals surface area contributed by atoms with E-state index >= 15 is 0 Å². The Kier molecular flexibility index (Phi) is 30.0. The molecule has 0 fully saturated rings. The molecule has 280 valence electrons. The number of hydrogen-bond donors (Lipinski definition) is 1. The second kappa shape index (κ2) is 32.5. The molecule has 0 heterocycles. The van der Waals surface area contributed by atoms with Crippen LogP contribution in [0.15, 0.2) is 97.2 Å². The summed E-state index contributed by atoms with van der Waals surface area (Å²) >= 11 is 0. The Labute approximate surface area is 303 Å². The number of unbranched alkanes of at least 4 members (excludes halogenated alkanes) is 4. The summed E-state index contributed by atoms with van der Waals surface area (Å²) in [4.78, 5) is 36.7. The van der Waals surface area contributed by atoms with Gasteiger partial charge in [-0.1, -0.05) is 117 Å². The molecule has 0 saturated heterocycles. The smallest absolute Gasteiger partial charge is 0.362 e. The molecule has 2 unspecified atom stereocenters. The first-order chi connectivity index (χ1) is 24.1. The lowest BCUT2D eigenvalue weighted by atomic mass is 10.1. The number of carboxylic acids is 1. The van der Waals surface area contributed by atoms with Crippen LogP contribution >= 0.6 is 0 Å². The van der Waals surface area contributed by atoms with Gasteiger partial charge >= 0.3 is 17.9 Å². The predicted octanol–water partition coefficient (Wildman–Crippen LogP) is 9.18. The number of aliphatic carboxylic acids is 1. The van der Waals surface area contributed by atoms with E-state index in [-0.39, 0.29) is 49.1 Å². The molecular weight excluding hydrogens is 630 g/mol. The number of ether oxygens (including phenoxy) is 3. The standard InChI is InChI=1S/C42H65NO7/c1-6-8-10-12-14-16-18-19-20-21-23-24-26-28-30-32-40(44)49-37-38(36-48-35-34-39(42(46)47)43(3,4)5)50-41(45)33-31-29-27-25-22-17-15-13-11-9-7-2/h8-12,14-21,23,25,27,38-39H,6-7,13,22,24,26,28-37H2,1-5H3/p+1/b10-8+,11-9+,14-12+,17-15+,18-16+,20-19+,23-21+,27-25+. The number of quaternary nitrogens is 1. The van der Waals surface area contributed by atoms with Crippen LogP contribution in [0, 0.1) is 0 Å². The van der Waals surface area contributed by atoms with Gasteiger partial charge in [-0.3, -0.25) is 9.59 Å². The average molecular weight is 697 g/mol. The van der Waals surface area contributed by atoms with E-state index in [1.165, 1.54) is 0 Å². The van der Waals surface area contributed by atoms with Gasteiger partial charge in [0.25, 0.3) is 0 Å². The molecule has 8 nitrogen and oxygen atoms in total. The second-order valence-corrected chi connectivity index (χ2v) is 12.8. The van der Waals surface area contributed by atoms with Crippen molar-refractivity contribution in [1.82, 2.24) is 0 Å². The maximum absolute atomic E-state index is 12.6. The molecule has 8 heteroatoms. The molecule has 50 heavy (non-hydrogen) atoms. The van der Waals surface area contributed by atoms with Crippen molar-refractivity contribution in [3.05, 3.63) is 97.2 Å². The predicted molar refractivity (Wildman–Crippen MR) is 206 cm³/mol. The molecule has 0 aliphatic heterocycles. The molecule has 0 aromatic carbocycles. The van der Waals surface area contributed by atoms with Crippen molar-refractivity contribution in [1.29, 1.82) is 0 Å². The third kappa shape index (κ3) is 30.3. The Morgan fingerprint density at radius 1 is 0.620 bits per heavy atom. The van der Waals surface area contributed by atoms with Crippen LogP contribution in [0.3, 0.4) is 0 Å². The highest BCUT2D eigenvalue weighted by Gasteiger charge is 2.31. The van der Waals surface area contributed by atoms with E-state index < -0.39 is 18.1 Å². The van der Waals surface area contributed by atoms with E-state index in [4.69, 9.17) is 14.2 Å². The molecule has 0 bridgehead atoms. The number of carbonyl (C=O) groups is 3. The quantitative estimate of drug-likeness (QED) is 0.0263. The number of allylic oxidation sites excluding steroid dienone is 16. The number of likely N-dealkylation sites (N-methyl/N-ethyl adjacent to an activating group) is 1. The summed E-state index contributed by atoms with van der Waals surface area (Å²) in [6, 6.07) is -0.634. The Bertz CT molecular complexity index is 1140. The van der Waals surface area contributed by atoms with Gasteiger partial charge in [0.05, 0.1) is 34.4 Å². The van der Waals surface area contributed by atoms with Crippen LogP contribution in [0.4, 0.5) is 0 Å². The Hall–Kier alpha value is -3.75. The van der Waals surface area contributed by atoms with Crippen molar-refractivity contribution < 1.29 is 38.2 Å². The van der Waals surface area contributed by atoms with Crippen LogP contribution in [0.5, 0.6) is 0 Å².